The summed E-state index contributed by atoms with van der Waals surface area (Å²) in [4.78, 5) is 18.4. The Morgan fingerprint density at radius 1 is 1.28 bits per heavy atom. The number of rotatable bonds is 7. The molecule has 2 fully saturated rings. The van der Waals surface area contributed by atoms with Crippen LogP contribution in [0.4, 0.5) is 0 Å². The molecule has 1 saturated heterocycles. The second kappa shape index (κ2) is 8.95. The maximum atomic E-state index is 11.6. The van der Waals surface area contributed by atoms with Crippen LogP contribution in [0.2, 0.25) is 0 Å². The largest absolute Gasteiger partial charge is 0.469 e. The first-order valence-electron chi connectivity index (χ1n) is 10.4. The van der Waals surface area contributed by atoms with Crippen molar-refractivity contribution >= 4 is 23.3 Å². The molecule has 2 aliphatic rings. The van der Waals surface area contributed by atoms with Crippen LogP contribution in [-0.2, 0) is 9.53 Å². The Labute approximate surface area is 177 Å². The summed E-state index contributed by atoms with van der Waals surface area (Å²) in [6.07, 6.45) is 10.1. The van der Waals surface area contributed by atoms with E-state index < -0.39 is 0 Å². The minimum Gasteiger partial charge on any atom is -0.469 e. The van der Waals surface area contributed by atoms with Gasteiger partial charge in [0.2, 0.25) is 0 Å². The van der Waals surface area contributed by atoms with Gasteiger partial charge in [0.05, 0.1) is 24.9 Å². The number of esters is 1. The molecule has 0 amide bonds. The Bertz CT molecular complexity index is 848. The monoisotopic (exact) mass is 412 g/mol. The van der Waals surface area contributed by atoms with Gasteiger partial charge in [0.25, 0.3) is 0 Å². The van der Waals surface area contributed by atoms with Crippen molar-refractivity contribution in [3.05, 3.63) is 54.1 Å². The lowest BCUT2D eigenvalue weighted by Gasteiger charge is -2.30. The van der Waals surface area contributed by atoms with Crippen molar-refractivity contribution in [1.82, 2.24) is 19.8 Å². The number of hydrogen-bond acceptors (Lipinski definition) is 4. The fraction of sp³-hybridized carbons (Fsp3) is 0.500. The third kappa shape index (κ3) is 4.15. The Balaban J connectivity index is 1.65. The molecule has 7 heteroatoms. The molecule has 0 bridgehead atoms. The number of pyridine rings is 1. The summed E-state index contributed by atoms with van der Waals surface area (Å²) in [6.45, 7) is 0.699. The first-order valence-corrected chi connectivity index (χ1v) is 10.8. The molecule has 4 rings (SSSR count). The normalized spacial score (nSPS) is 22.1. The molecule has 29 heavy (non-hydrogen) atoms. The van der Waals surface area contributed by atoms with Crippen LogP contribution < -0.4 is 5.32 Å². The van der Waals surface area contributed by atoms with Crippen molar-refractivity contribution in [2.24, 2.45) is 0 Å². The van der Waals surface area contributed by atoms with Crippen LogP contribution in [0.5, 0.6) is 0 Å². The highest BCUT2D eigenvalue weighted by atomic mass is 32.1. The van der Waals surface area contributed by atoms with Gasteiger partial charge in [0, 0.05) is 37.1 Å². The van der Waals surface area contributed by atoms with E-state index in [0.29, 0.717) is 25.4 Å². The molecule has 6 nitrogen and oxygen atoms in total. The topological polar surface area (TPSA) is 59.4 Å². The third-order valence-electron chi connectivity index (χ3n) is 6.04. The van der Waals surface area contributed by atoms with Gasteiger partial charge < -0.3 is 19.5 Å². The molecule has 0 radical (unpaired) electrons. The van der Waals surface area contributed by atoms with Gasteiger partial charge in [-0.1, -0.05) is 18.9 Å². The Morgan fingerprint density at radius 3 is 2.83 bits per heavy atom. The van der Waals surface area contributed by atoms with Crippen LogP contribution in [-0.4, -0.2) is 39.2 Å². The summed E-state index contributed by atoms with van der Waals surface area (Å²) in [7, 11) is 1.43. The second-order valence-corrected chi connectivity index (χ2v) is 8.16. The predicted molar refractivity (Wildman–Crippen MR) is 115 cm³/mol. The second-order valence-electron chi connectivity index (χ2n) is 7.78. The lowest BCUT2D eigenvalue weighted by molar-refractivity contribution is -0.140. The zero-order chi connectivity index (χ0) is 20.2. The molecule has 2 unspecified atom stereocenters. The van der Waals surface area contributed by atoms with Crippen LogP contribution in [0.15, 0.2) is 42.7 Å². The fourth-order valence-corrected chi connectivity index (χ4v) is 4.97. The molecule has 1 aliphatic carbocycles. The van der Waals surface area contributed by atoms with Crippen LogP contribution in [0.3, 0.4) is 0 Å². The first-order chi connectivity index (χ1) is 14.2. The Kier molecular flexibility index (Phi) is 6.13. The summed E-state index contributed by atoms with van der Waals surface area (Å²) in [6, 6.07) is 10.9. The number of aromatic nitrogens is 2. The Hall–Kier alpha value is -2.41. The van der Waals surface area contributed by atoms with Crippen molar-refractivity contribution in [2.75, 3.05) is 13.7 Å². The maximum absolute atomic E-state index is 11.6. The SMILES string of the molecule is COC(=O)CCCN1C(=S)NC(c2ccccn2)C1c1cccn1C1CCCC1. The van der Waals surface area contributed by atoms with Crippen molar-refractivity contribution in [1.29, 1.82) is 0 Å². The number of nitrogens with one attached hydrogen (secondary N) is 1. The van der Waals surface area contributed by atoms with E-state index >= 15 is 0 Å². The van der Waals surface area contributed by atoms with E-state index in [9.17, 15) is 4.79 Å². The zero-order valence-corrected chi connectivity index (χ0v) is 17.6. The summed E-state index contributed by atoms with van der Waals surface area (Å²) in [5, 5.41) is 4.21. The van der Waals surface area contributed by atoms with E-state index in [1.54, 1.807) is 0 Å². The van der Waals surface area contributed by atoms with Crippen LogP contribution in [0.25, 0.3) is 0 Å². The maximum Gasteiger partial charge on any atom is 0.305 e. The molecule has 2 aromatic rings. The molecule has 0 spiro atoms. The van der Waals surface area contributed by atoms with Crippen molar-refractivity contribution in [3.8, 4) is 0 Å². The van der Waals surface area contributed by atoms with Gasteiger partial charge in [-0.15, -0.1) is 0 Å². The van der Waals surface area contributed by atoms with E-state index in [-0.39, 0.29) is 18.1 Å². The summed E-state index contributed by atoms with van der Waals surface area (Å²) < 4.78 is 7.24. The third-order valence-corrected chi connectivity index (χ3v) is 6.39. The van der Waals surface area contributed by atoms with Crippen molar-refractivity contribution in [3.63, 3.8) is 0 Å². The van der Waals surface area contributed by atoms with Crippen LogP contribution >= 0.6 is 12.2 Å². The van der Waals surface area contributed by atoms with Gasteiger partial charge in [-0.05, 0) is 55.7 Å². The summed E-state index contributed by atoms with van der Waals surface area (Å²) in [5.74, 6) is -0.185. The molecular weight excluding hydrogens is 384 g/mol. The molecule has 1 saturated carbocycles. The highest BCUT2D eigenvalue weighted by Crippen LogP contribution is 2.41. The number of nitrogens with zero attached hydrogens (tertiary/aromatic N) is 3. The van der Waals surface area contributed by atoms with Crippen LogP contribution in [0, 0.1) is 0 Å². The van der Waals surface area contributed by atoms with E-state index in [0.717, 1.165) is 10.8 Å². The number of hydrogen-bond donors (Lipinski definition) is 1. The van der Waals surface area contributed by atoms with E-state index in [4.69, 9.17) is 17.0 Å². The fourth-order valence-electron chi connectivity index (χ4n) is 4.64. The molecule has 1 N–H and O–H groups in total. The van der Waals surface area contributed by atoms with Gasteiger partial charge in [0.1, 0.15) is 0 Å². The van der Waals surface area contributed by atoms with Gasteiger partial charge >= 0.3 is 5.97 Å². The minimum absolute atomic E-state index is 0.0168. The van der Waals surface area contributed by atoms with E-state index in [1.807, 2.05) is 24.4 Å². The molecular formula is C22H28N4O2S. The molecule has 2 atom stereocenters. The number of carbonyl (C=O) groups excluding carboxylic acids is 1. The van der Waals surface area contributed by atoms with Crippen molar-refractivity contribution in [2.45, 2.75) is 56.7 Å². The van der Waals surface area contributed by atoms with E-state index in [2.05, 4.69) is 38.1 Å². The smallest absolute Gasteiger partial charge is 0.305 e. The average Bonchev–Trinajstić information content (AvgIpc) is 3.48. The highest BCUT2D eigenvalue weighted by Gasteiger charge is 2.41. The quantitative estimate of drug-likeness (QED) is 0.549. The lowest BCUT2D eigenvalue weighted by atomic mass is 10.0. The minimum atomic E-state index is -0.185. The van der Waals surface area contributed by atoms with Gasteiger partial charge in [-0.2, -0.15) is 0 Å². The van der Waals surface area contributed by atoms with Crippen molar-refractivity contribution < 1.29 is 9.53 Å². The molecule has 154 valence electrons. The average molecular weight is 413 g/mol. The zero-order valence-electron chi connectivity index (χ0n) is 16.8. The summed E-state index contributed by atoms with van der Waals surface area (Å²) >= 11 is 5.72. The molecule has 2 aromatic heterocycles. The number of ether oxygens (including phenoxy) is 1. The highest BCUT2D eigenvalue weighted by molar-refractivity contribution is 7.80. The van der Waals surface area contributed by atoms with Gasteiger partial charge in [-0.3, -0.25) is 9.78 Å². The lowest BCUT2D eigenvalue weighted by Crippen LogP contribution is -2.32. The molecule has 1 aliphatic heterocycles. The Morgan fingerprint density at radius 2 is 2.10 bits per heavy atom. The first kappa shape index (κ1) is 19.9. The molecule has 3 heterocycles. The number of methoxy groups -OCH3 is 1. The van der Waals surface area contributed by atoms with Gasteiger partial charge in [-0.25, -0.2) is 0 Å². The van der Waals surface area contributed by atoms with Gasteiger partial charge in [0.15, 0.2) is 5.11 Å². The predicted octanol–water partition coefficient (Wildman–Crippen LogP) is 3.92. The van der Waals surface area contributed by atoms with E-state index in [1.165, 1.54) is 38.5 Å². The number of thiocarbonyl (C=S) groups is 1. The molecule has 0 aromatic carbocycles. The number of carbonyl (C=O) groups is 1. The standard InChI is InChI=1S/C22H28N4O2S/c1-28-19(27)12-7-15-26-21(18-11-6-14-25(18)16-8-2-3-9-16)20(24-22(26)29)17-10-4-5-13-23-17/h4-6,10-11,13-14,16,20-21H,2-3,7-9,12,15H2,1H3,(H,24,29). The van der Waals surface area contributed by atoms with Crippen LogP contribution in [0.1, 0.15) is 68.0 Å². The summed E-state index contributed by atoms with van der Waals surface area (Å²) in [5.41, 5.74) is 2.24.